The maximum absolute atomic E-state index is 14.7. The van der Waals surface area contributed by atoms with Crippen LogP contribution in [0.3, 0.4) is 0 Å². The number of ether oxygens (including phenoxy) is 1. The van der Waals surface area contributed by atoms with Gasteiger partial charge in [0.1, 0.15) is 5.75 Å². The van der Waals surface area contributed by atoms with E-state index < -0.39 is 17.8 Å². The molecule has 1 aromatic carbocycles. The molecule has 5 heteroatoms. The lowest BCUT2D eigenvalue weighted by molar-refractivity contribution is -0.139. The Morgan fingerprint density at radius 1 is 0.906 bits per heavy atom. The number of carboxylic acids is 1. The van der Waals surface area contributed by atoms with E-state index in [-0.39, 0.29) is 5.56 Å². The summed E-state index contributed by atoms with van der Waals surface area (Å²) in [6.45, 7) is 5.01. The molecular formula is C27H38FNO3. The molecule has 0 amide bonds. The van der Waals surface area contributed by atoms with E-state index in [4.69, 9.17) is 4.74 Å². The number of aliphatic carboxylic acids is 1. The van der Waals surface area contributed by atoms with Gasteiger partial charge in [0.25, 0.3) is 0 Å². The van der Waals surface area contributed by atoms with E-state index in [1.165, 1.54) is 32.1 Å². The minimum absolute atomic E-state index is 0.164. The molecule has 0 aliphatic rings. The normalized spacial score (nSPS) is 12.0. The Morgan fingerprint density at radius 2 is 1.53 bits per heavy atom. The van der Waals surface area contributed by atoms with Crippen molar-refractivity contribution in [3.63, 3.8) is 0 Å². The molecule has 32 heavy (non-hydrogen) atoms. The lowest BCUT2D eigenvalue weighted by atomic mass is 9.93. The summed E-state index contributed by atoms with van der Waals surface area (Å²) >= 11 is 0. The number of rotatable bonds is 16. The first-order valence-electron chi connectivity index (χ1n) is 12.2. The van der Waals surface area contributed by atoms with E-state index >= 15 is 0 Å². The molecule has 0 bridgehead atoms. The van der Waals surface area contributed by atoms with Crippen molar-refractivity contribution in [1.82, 2.24) is 4.98 Å². The Hall–Kier alpha value is -2.43. The Morgan fingerprint density at radius 3 is 2.16 bits per heavy atom. The van der Waals surface area contributed by atoms with Gasteiger partial charge in [0.15, 0.2) is 0 Å². The third kappa shape index (κ3) is 8.60. The lowest BCUT2D eigenvalue weighted by Gasteiger charge is -2.14. The summed E-state index contributed by atoms with van der Waals surface area (Å²) in [6, 6.07) is 10.7. The number of hydrogen-bond donors (Lipinski definition) is 1. The molecule has 1 heterocycles. The van der Waals surface area contributed by atoms with Crippen LogP contribution in [-0.4, -0.2) is 22.7 Å². The Labute approximate surface area is 192 Å². The molecule has 0 fully saturated rings. The number of halogens is 1. The standard InChI is InChI=1S/C27H38FNO3/c1-3-5-7-9-10-12-20-32-22-16-14-21(15-17-22)25-19-18-23(26(28)29-25)24(27(30)31)13-11-8-6-4-2/h14-19,24H,3-13,20H2,1-2H3,(H,30,31). The molecular weight excluding hydrogens is 405 g/mol. The molecule has 0 aliphatic carbocycles. The molecule has 176 valence electrons. The second-order valence-electron chi connectivity index (χ2n) is 8.46. The predicted octanol–water partition coefficient (Wildman–Crippen LogP) is 7.77. The Kier molecular flexibility index (Phi) is 11.8. The van der Waals surface area contributed by atoms with Gasteiger partial charge in [-0.05, 0) is 43.2 Å². The van der Waals surface area contributed by atoms with Crippen LogP contribution in [0, 0.1) is 5.95 Å². The second kappa shape index (κ2) is 14.6. The van der Waals surface area contributed by atoms with Gasteiger partial charge < -0.3 is 9.84 Å². The lowest BCUT2D eigenvalue weighted by Crippen LogP contribution is -2.14. The fraction of sp³-hybridized carbons (Fsp3) is 0.556. The predicted molar refractivity (Wildman–Crippen MR) is 128 cm³/mol. The fourth-order valence-corrected chi connectivity index (χ4v) is 3.85. The number of benzene rings is 1. The van der Waals surface area contributed by atoms with Gasteiger partial charge in [-0.3, -0.25) is 4.79 Å². The van der Waals surface area contributed by atoms with Crippen LogP contribution in [0.2, 0.25) is 0 Å². The fourth-order valence-electron chi connectivity index (χ4n) is 3.85. The minimum atomic E-state index is -0.998. The molecule has 0 spiro atoms. The molecule has 0 saturated heterocycles. The molecule has 2 rings (SSSR count). The third-order valence-electron chi connectivity index (χ3n) is 5.81. The molecule has 4 nitrogen and oxygen atoms in total. The first-order valence-corrected chi connectivity index (χ1v) is 12.2. The zero-order valence-electron chi connectivity index (χ0n) is 19.6. The number of aromatic nitrogens is 1. The summed E-state index contributed by atoms with van der Waals surface area (Å²) in [5.41, 5.74) is 1.43. The Balaban J connectivity index is 1.93. The van der Waals surface area contributed by atoms with Gasteiger partial charge in [-0.2, -0.15) is 4.39 Å². The number of pyridine rings is 1. The van der Waals surface area contributed by atoms with E-state index in [0.717, 1.165) is 43.4 Å². The van der Waals surface area contributed by atoms with Crippen LogP contribution in [0.25, 0.3) is 11.3 Å². The number of carbonyl (C=O) groups is 1. The number of unbranched alkanes of at least 4 members (excludes halogenated alkanes) is 8. The Bertz CT molecular complexity index is 807. The van der Waals surface area contributed by atoms with Crippen LogP contribution in [0.5, 0.6) is 5.75 Å². The summed E-state index contributed by atoms with van der Waals surface area (Å²) in [7, 11) is 0. The van der Waals surface area contributed by atoms with Gasteiger partial charge in [-0.1, -0.05) is 77.7 Å². The van der Waals surface area contributed by atoms with E-state index in [9.17, 15) is 14.3 Å². The molecule has 0 radical (unpaired) electrons. The van der Waals surface area contributed by atoms with Gasteiger partial charge in [0, 0.05) is 11.1 Å². The van der Waals surface area contributed by atoms with Crippen molar-refractivity contribution in [3.05, 3.63) is 47.9 Å². The summed E-state index contributed by atoms with van der Waals surface area (Å²) in [5.74, 6) is -1.76. The molecule has 1 atom stereocenters. The van der Waals surface area contributed by atoms with Crippen LogP contribution in [0.1, 0.15) is 96.0 Å². The van der Waals surface area contributed by atoms with Crippen molar-refractivity contribution < 1.29 is 19.0 Å². The monoisotopic (exact) mass is 443 g/mol. The first kappa shape index (κ1) is 25.8. The highest BCUT2D eigenvalue weighted by molar-refractivity contribution is 5.76. The average molecular weight is 444 g/mol. The zero-order valence-corrected chi connectivity index (χ0v) is 19.6. The average Bonchev–Trinajstić information content (AvgIpc) is 2.79. The highest BCUT2D eigenvalue weighted by atomic mass is 19.1. The maximum atomic E-state index is 14.7. The van der Waals surface area contributed by atoms with Crippen LogP contribution >= 0.6 is 0 Å². The maximum Gasteiger partial charge on any atom is 0.311 e. The van der Waals surface area contributed by atoms with Gasteiger partial charge in [0.05, 0.1) is 18.2 Å². The van der Waals surface area contributed by atoms with E-state index in [2.05, 4.69) is 18.8 Å². The van der Waals surface area contributed by atoms with Crippen molar-refractivity contribution in [3.8, 4) is 17.0 Å². The number of hydrogen-bond acceptors (Lipinski definition) is 3. The first-order chi connectivity index (χ1) is 15.6. The second-order valence-corrected chi connectivity index (χ2v) is 8.46. The van der Waals surface area contributed by atoms with Crippen molar-refractivity contribution in [2.45, 2.75) is 90.4 Å². The SMILES string of the molecule is CCCCCCCCOc1ccc(-c2ccc(C(CCCCCC)C(=O)O)c(F)n2)cc1. The minimum Gasteiger partial charge on any atom is -0.494 e. The summed E-state index contributed by atoms with van der Waals surface area (Å²) in [4.78, 5) is 15.7. The molecule has 2 aromatic rings. The van der Waals surface area contributed by atoms with E-state index in [0.29, 0.717) is 18.7 Å². The van der Waals surface area contributed by atoms with Crippen LogP contribution in [-0.2, 0) is 4.79 Å². The summed E-state index contributed by atoms with van der Waals surface area (Å²) in [6.07, 6.45) is 11.6. The smallest absolute Gasteiger partial charge is 0.311 e. The molecule has 0 saturated carbocycles. The zero-order chi connectivity index (χ0) is 23.2. The largest absolute Gasteiger partial charge is 0.494 e. The topological polar surface area (TPSA) is 59.4 Å². The van der Waals surface area contributed by atoms with Crippen LogP contribution in [0.4, 0.5) is 4.39 Å². The van der Waals surface area contributed by atoms with Crippen molar-refractivity contribution in [2.24, 2.45) is 0 Å². The van der Waals surface area contributed by atoms with Crippen molar-refractivity contribution >= 4 is 5.97 Å². The molecule has 0 aliphatic heterocycles. The number of nitrogens with zero attached hydrogens (tertiary/aromatic N) is 1. The van der Waals surface area contributed by atoms with E-state index in [1.807, 2.05) is 24.3 Å². The quantitative estimate of drug-likeness (QED) is 0.213. The molecule has 1 aromatic heterocycles. The van der Waals surface area contributed by atoms with Crippen molar-refractivity contribution in [1.29, 1.82) is 0 Å². The van der Waals surface area contributed by atoms with Crippen LogP contribution < -0.4 is 4.74 Å². The molecule has 1 unspecified atom stereocenters. The highest BCUT2D eigenvalue weighted by Crippen LogP contribution is 2.28. The van der Waals surface area contributed by atoms with Gasteiger partial charge in [0.2, 0.25) is 5.95 Å². The summed E-state index contributed by atoms with van der Waals surface area (Å²) < 4.78 is 20.5. The van der Waals surface area contributed by atoms with Gasteiger partial charge in [-0.15, -0.1) is 0 Å². The van der Waals surface area contributed by atoms with E-state index in [1.54, 1.807) is 12.1 Å². The van der Waals surface area contributed by atoms with Crippen molar-refractivity contribution in [2.75, 3.05) is 6.61 Å². The third-order valence-corrected chi connectivity index (χ3v) is 5.81. The van der Waals surface area contributed by atoms with Gasteiger partial charge >= 0.3 is 5.97 Å². The van der Waals surface area contributed by atoms with Crippen LogP contribution in [0.15, 0.2) is 36.4 Å². The molecule has 1 N–H and O–H groups in total. The highest BCUT2D eigenvalue weighted by Gasteiger charge is 2.24. The number of carboxylic acid groups (broad SMARTS) is 1. The summed E-state index contributed by atoms with van der Waals surface area (Å²) in [5, 5.41) is 9.56. The van der Waals surface area contributed by atoms with Gasteiger partial charge in [-0.25, -0.2) is 4.98 Å².